The Morgan fingerprint density at radius 3 is 2.28 bits per heavy atom. The molecular weight excluding hydrogens is 819 g/mol. The molecule has 5 aromatic heterocycles. The second-order valence-electron chi connectivity index (χ2n) is 15.7. The Kier molecular flexibility index (Phi) is 10.0. The Morgan fingerprint density at radius 2 is 1.62 bits per heavy atom. The first-order valence-electron chi connectivity index (χ1n) is 19.9. The van der Waals surface area contributed by atoms with Crippen LogP contribution in [-0.4, -0.2) is 136 Å². The van der Waals surface area contributed by atoms with E-state index in [0.717, 1.165) is 30.8 Å². The SMILES string of the molecule is Nc1nc2c(ncn2[C@@H]2O[C@H](Cc3cn([C@H]4[C@@H](O)[C@H](n5cnc6c(=O)[nH]c(N)nc65)O[C@@H]4CO)nn3)[C@@H](OC(=O)CCCC[C@@H]3SC[C@@H]4N/C(=C5/C=CC5)N[C@@H]43)[C@H]2O)c(=O)[nH]1. The zero-order valence-electron chi connectivity index (χ0n) is 32.3. The van der Waals surface area contributed by atoms with Crippen molar-refractivity contribution in [3.05, 3.63) is 68.8 Å². The molecule has 4 fully saturated rings. The van der Waals surface area contributed by atoms with E-state index in [4.69, 9.17) is 25.7 Å². The average Bonchev–Trinajstić information content (AvgIpc) is 4.07. The van der Waals surface area contributed by atoms with Gasteiger partial charge in [-0.3, -0.25) is 33.5 Å². The molecule has 24 nitrogen and oxygen atoms in total. The number of carbonyl (C=O) groups is 1. The molecule has 4 saturated heterocycles. The molecule has 11 atom stereocenters. The van der Waals surface area contributed by atoms with Crippen LogP contribution < -0.4 is 33.2 Å². The number of allylic oxidation sites excluding steroid dienone is 3. The highest BCUT2D eigenvalue weighted by atomic mass is 32.2. The maximum atomic E-state index is 13.4. The van der Waals surface area contributed by atoms with E-state index < -0.39 is 72.7 Å². The number of ether oxygens (including phenoxy) is 3. The van der Waals surface area contributed by atoms with Gasteiger partial charge in [0.2, 0.25) is 11.9 Å². The number of imidazole rings is 2. The van der Waals surface area contributed by atoms with E-state index in [1.54, 1.807) is 0 Å². The minimum Gasteiger partial charge on any atom is -0.457 e. The monoisotopic (exact) mass is 861 g/mol. The number of anilines is 2. The number of unbranched alkanes of at least 4 members (excludes halogenated alkanes) is 1. The number of carbonyl (C=O) groups excluding carboxylic acids is 1. The number of nitrogens with zero attached hydrogens (tertiary/aromatic N) is 9. The predicted octanol–water partition coefficient (Wildman–Crippen LogP) is -2.01. The lowest BCUT2D eigenvalue weighted by Crippen LogP contribution is -2.37. The van der Waals surface area contributed by atoms with E-state index in [9.17, 15) is 29.7 Å². The molecule has 5 aliphatic rings. The number of hydrogen-bond donors (Lipinski definition) is 9. The molecule has 0 aromatic carbocycles. The van der Waals surface area contributed by atoms with Crippen LogP contribution in [0.5, 0.6) is 0 Å². The summed E-state index contributed by atoms with van der Waals surface area (Å²) in [5, 5.41) is 49.8. The molecule has 5 aromatic rings. The van der Waals surface area contributed by atoms with Gasteiger partial charge in [0.05, 0.1) is 37.0 Å². The predicted molar refractivity (Wildman–Crippen MR) is 214 cm³/mol. The van der Waals surface area contributed by atoms with Crippen molar-refractivity contribution in [1.29, 1.82) is 0 Å². The molecule has 0 spiro atoms. The van der Waals surface area contributed by atoms with Gasteiger partial charge in [-0.05, 0) is 24.8 Å². The highest BCUT2D eigenvalue weighted by Crippen LogP contribution is 2.40. The van der Waals surface area contributed by atoms with E-state index in [-0.39, 0.29) is 47.1 Å². The van der Waals surface area contributed by atoms with E-state index in [0.29, 0.717) is 29.4 Å². The van der Waals surface area contributed by atoms with E-state index in [2.05, 4.69) is 63.0 Å². The molecule has 0 saturated carbocycles. The number of esters is 1. The Hall–Kier alpha value is -5.86. The third kappa shape index (κ3) is 6.99. The molecule has 11 N–H and O–H groups in total. The molecule has 4 aliphatic heterocycles. The van der Waals surface area contributed by atoms with Gasteiger partial charge in [-0.25, -0.2) is 14.6 Å². The highest BCUT2D eigenvalue weighted by Gasteiger charge is 2.50. The van der Waals surface area contributed by atoms with Crippen molar-refractivity contribution in [2.75, 3.05) is 23.8 Å². The fraction of sp³-hybridized carbons (Fsp3) is 0.528. The maximum absolute atomic E-state index is 13.4. The van der Waals surface area contributed by atoms with Gasteiger partial charge >= 0.3 is 5.97 Å². The van der Waals surface area contributed by atoms with Crippen molar-refractivity contribution >= 4 is 52.0 Å². The first-order chi connectivity index (χ1) is 29.5. The van der Waals surface area contributed by atoms with Gasteiger partial charge in [0.15, 0.2) is 40.9 Å². The summed E-state index contributed by atoms with van der Waals surface area (Å²) in [6, 6.07) is -0.260. The van der Waals surface area contributed by atoms with Gasteiger partial charge in [-0.1, -0.05) is 23.8 Å². The summed E-state index contributed by atoms with van der Waals surface area (Å²) in [4.78, 5) is 59.8. The second kappa shape index (κ2) is 15.6. The first kappa shape index (κ1) is 39.3. The van der Waals surface area contributed by atoms with Crippen molar-refractivity contribution in [2.45, 2.75) is 105 Å². The lowest BCUT2D eigenvalue weighted by molar-refractivity contribution is -0.155. The molecule has 0 unspecified atom stereocenters. The molecule has 0 radical (unpaired) electrons. The lowest BCUT2D eigenvalue weighted by atomic mass is 10.0. The molecular formula is C36H43N15O9S. The number of nitrogens with one attached hydrogen (secondary N) is 4. The van der Waals surface area contributed by atoms with Crippen LogP contribution >= 0.6 is 11.8 Å². The summed E-state index contributed by atoms with van der Waals surface area (Å²) >= 11 is 1.93. The molecule has 9 heterocycles. The highest BCUT2D eigenvalue weighted by molar-refractivity contribution is 8.00. The van der Waals surface area contributed by atoms with Crippen LogP contribution in [-0.2, 0) is 25.4 Å². The Balaban J connectivity index is 0.843. The van der Waals surface area contributed by atoms with Crippen LogP contribution in [0.25, 0.3) is 22.3 Å². The van der Waals surface area contributed by atoms with Crippen molar-refractivity contribution in [1.82, 2.24) is 64.7 Å². The number of thioether (sulfide) groups is 1. The number of hydrogen-bond acceptors (Lipinski definition) is 20. The third-order valence-corrected chi connectivity index (χ3v) is 13.4. The van der Waals surface area contributed by atoms with Crippen LogP contribution in [0.3, 0.4) is 0 Å². The molecule has 10 rings (SSSR count). The van der Waals surface area contributed by atoms with Gasteiger partial charge in [0, 0.05) is 30.0 Å². The molecule has 1 aliphatic carbocycles. The molecule has 61 heavy (non-hydrogen) atoms. The van der Waals surface area contributed by atoms with Crippen molar-refractivity contribution < 1.29 is 34.3 Å². The van der Waals surface area contributed by atoms with Crippen LogP contribution in [0.2, 0.25) is 0 Å². The topological polar surface area (TPSA) is 339 Å². The van der Waals surface area contributed by atoms with Gasteiger partial charge in [-0.2, -0.15) is 21.7 Å². The second-order valence-corrected chi connectivity index (χ2v) is 17.0. The number of aromatic amines is 2. The summed E-state index contributed by atoms with van der Waals surface area (Å²) in [7, 11) is 0. The number of aliphatic hydroxyl groups excluding tert-OH is 3. The fourth-order valence-electron chi connectivity index (χ4n) is 8.82. The van der Waals surface area contributed by atoms with Crippen molar-refractivity contribution in [3.8, 4) is 0 Å². The smallest absolute Gasteiger partial charge is 0.306 e. The van der Waals surface area contributed by atoms with Gasteiger partial charge in [-0.15, -0.1) is 5.10 Å². The van der Waals surface area contributed by atoms with Crippen LogP contribution in [0, 0.1) is 0 Å². The van der Waals surface area contributed by atoms with E-state index in [1.165, 1.54) is 38.2 Å². The maximum Gasteiger partial charge on any atom is 0.306 e. The van der Waals surface area contributed by atoms with Crippen molar-refractivity contribution in [3.63, 3.8) is 0 Å². The molecule has 322 valence electrons. The number of nitrogen functional groups attached to an aromatic ring is 2. The number of fused-ring (bicyclic) bond motifs is 3. The fourth-order valence-corrected chi connectivity index (χ4v) is 10.4. The summed E-state index contributed by atoms with van der Waals surface area (Å²) < 4.78 is 22.4. The quantitative estimate of drug-likeness (QED) is 0.0483. The Bertz CT molecular complexity index is 2670. The lowest BCUT2D eigenvalue weighted by Gasteiger charge is -2.21. The van der Waals surface area contributed by atoms with Gasteiger partial charge in [0.25, 0.3) is 11.1 Å². The molecule has 0 bridgehead atoms. The molecule has 25 heteroatoms. The summed E-state index contributed by atoms with van der Waals surface area (Å²) in [5.41, 5.74) is 12.1. The van der Waals surface area contributed by atoms with Crippen LogP contribution in [0.15, 0.2) is 52.0 Å². The number of nitrogens with two attached hydrogens (primary N) is 2. The number of aliphatic hydroxyl groups is 3. The Morgan fingerprint density at radius 1 is 0.951 bits per heavy atom. The van der Waals surface area contributed by atoms with Crippen molar-refractivity contribution in [2.24, 2.45) is 0 Å². The number of aromatic nitrogens is 11. The van der Waals surface area contributed by atoms with Gasteiger partial charge in [0.1, 0.15) is 36.3 Å². The summed E-state index contributed by atoms with van der Waals surface area (Å²) in [6.45, 7) is -0.514. The Labute approximate surface area is 347 Å². The number of H-pyrrole nitrogens is 2. The zero-order valence-corrected chi connectivity index (χ0v) is 33.1. The minimum absolute atomic E-state index is 0.0201. The van der Waals surface area contributed by atoms with Gasteiger partial charge < -0.3 is 51.6 Å². The van der Waals surface area contributed by atoms with E-state index >= 15 is 0 Å². The van der Waals surface area contributed by atoms with E-state index in [1.807, 2.05) is 11.8 Å². The average molecular weight is 862 g/mol. The largest absolute Gasteiger partial charge is 0.457 e. The summed E-state index contributed by atoms with van der Waals surface area (Å²) in [6.07, 6.45) is 3.45. The van der Waals surface area contributed by atoms with Crippen LogP contribution in [0.4, 0.5) is 11.9 Å². The number of rotatable bonds is 12. The first-order valence-corrected chi connectivity index (χ1v) is 21.0. The standard InChI is InChI=1S/C36H43N15O9S/c37-35-43-29-22(31(56)45-35)39-12-49(29)33-25(54)24(18(10-52)59-33)51-9-15(47-48-51)8-17-27(26(55)34(58-17)50-13-40-23-30(50)44-36(38)46-32(23)57)60-20(53)7-2-1-6-19-21-16(11-61-19)41-28(42-21)14-4-3-5-14/h3-4,9,12-13,16-19,21,24-27,33-34,41-42,52,54-55H,1-2,5-8,10-11H2,(H3,37,43,45,56)(H3,38,44,46,57)/b28-14+/t16-,17+,18+,19-,21-,24+,25+,26+,27+,33+,34+/m0/s1. The minimum atomic E-state index is -1.44. The summed E-state index contributed by atoms with van der Waals surface area (Å²) in [5.74, 6) is 1.30. The van der Waals surface area contributed by atoms with Crippen LogP contribution in [0.1, 0.15) is 56.3 Å². The normalized spacial score (nSPS) is 31.8. The third-order valence-electron chi connectivity index (χ3n) is 11.9. The molecule has 0 amide bonds. The zero-order chi connectivity index (χ0) is 42.1.